The van der Waals surface area contributed by atoms with Crippen LogP contribution in [-0.2, 0) is 6.54 Å². The fourth-order valence-corrected chi connectivity index (χ4v) is 3.35. The third-order valence-corrected chi connectivity index (χ3v) is 4.85. The molecule has 3 heterocycles. The molecular formula is C15H21N3OS. The lowest BCUT2D eigenvalue weighted by Gasteiger charge is -2.22. The number of likely N-dealkylation sites (tertiary alicyclic amines) is 1. The first kappa shape index (κ1) is 13.8. The summed E-state index contributed by atoms with van der Waals surface area (Å²) in [5.74, 6) is 1.66. The SMILES string of the molecule is Cc1oc(-c2ccsc2)nc1CN1CCC(C)(CN)C1. The molecule has 2 aromatic heterocycles. The smallest absolute Gasteiger partial charge is 0.227 e. The third kappa shape index (κ3) is 2.66. The molecular weight excluding hydrogens is 270 g/mol. The van der Waals surface area contributed by atoms with Gasteiger partial charge in [0.2, 0.25) is 5.89 Å². The van der Waals surface area contributed by atoms with Crippen LogP contribution in [0.5, 0.6) is 0 Å². The Kier molecular flexibility index (Phi) is 3.67. The normalized spacial score (nSPS) is 23.6. The first-order valence-electron chi connectivity index (χ1n) is 7.01. The van der Waals surface area contributed by atoms with E-state index in [0.717, 1.165) is 55.5 Å². The molecule has 2 N–H and O–H groups in total. The fourth-order valence-electron chi connectivity index (χ4n) is 2.72. The first-order chi connectivity index (χ1) is 9.59. The van der Waals surface area contributed by atoms with Gasteiger partial charge in [-0.15, -0.1) is 0 Å². The summed E-state index contributed by atoms with van der Waals surface area (Å²) in [7, 11) is 0. The molecule has 1 saturated heterocycles. The maximum Gasteiger partial charge on any atom is 0.227 e. The number of nitrogens with zero attached hydrogens (tertiary/aromatic N) is 2. The van der Waals surface area contributed by atoms with Crippen LogP contribution in [0.2, 0.25) is 0 Å². The third-order valence-electron chi connectivity index (χ3n) is 4.16. The minimum atomic E-state index is 0.258. The minimum absolute atomic E-state index is 0.258. The van der Waals surface area contributed by atoms with Crippen molar-refractivity contribution in [2.24, 2.45) is 11.1 Å². The molecule has 0 radical (unpaired) electrons. The van der Waals surface area contributed by atoms with Gasteiger partial charge in [0, 0.05) is 24.0 Å². The van der Waals surface area contributed by atoms with Gasteiger partial charge in [-0.3, -0.25) is 4.90 Å². The predicted molar refractivity (Wildman–Crippen MR) is 81.6 cm³/mol. The number of hydrogen-bond acceptors (Lipinski definition) is 5. The van der Waals surface area contributed by atoms with Crippen molar-refractivity contribution < 1.29 is 4.42 Å². The molecule has 20 heavy (non-hydrogen) atoms. The van der Waals surface area contributed by atoms with Gasteiger partial charge in [0.25, 0.3) is 0 Å². The van der Waals surface area contributed by atoms with Gasteiger partial charge in [0.1, 0.15) is 5.76 Å². The molecule has 0 aromatic carbocycles. The highest BCUT2D eigenvalue weighted by atomic mass is 32.1. The number of oxazole rings is 1. The minimum Gasteiger partial charge on any atom is -0.441 e. The second kappa shape index (κ2) is 5.31. The summed E-state index contributed by atoms with van der Waals surface area (Å²) < 4.78 is 5.79. The Labute approximate surface area is 123 Å². The predicted octanol–water partition coefficient (Wildman–Crippen LogP) is 2.88. The summed E-state index contributed by atoms with van der Waals surface area (Å²) in [6, 6.07) is 2.04. The summed E-state index contributed by atoms with van der Waals surface area (Å²) in [6.45, 7) is 8.00. The average molecular weight is 291 g/mol. The second-order valence-electron chi connectivity index (χ2n) is 6.01. The lowest BCUT2D eigenvalue weighted by molar-refractivity contribution is 0.271. The van der Waals surface area contributed by atoms with E-state index < -0.39 is 0 Å². The van der Waals surface area contributed by atoms with Crippen molar-refractivity contribution in [2.45, 2.75) is 26.8 Å². The molecule has 0 spiro atoms. The highest BCUT2D eigenvalue weighted by Crippen LogP contribution is 2.30. The highest BCUT2D eigenvalue weighted by molar-refractivity contribution is 7.08. The molecule has 1 aliphatic rings. The van der Waals surface area contributed by atoms with E-state index in [2.05, 4.69) is 22.2 Å². The van der Waals surface area contributed by atoms with Crippen LogP contribution in [0, 0.1) is 12.3 Å². The summed E-state index contributed by atoms with van der Waals surface area (Å²) in [5.41, 5.74) is 8.24. The van der Waals surface area contributed by atoms with Crippen molar-refractivity contribution in [3.63, 3.8) is 0 Å². The summed E-state index contributed by atoms with van der Waals surface area (Å²) in [6.07, 6.45) is 1.16. The molecule has 1 unspecified atom stereocenters. The van der Waals surface area contributed by atoms with Crippen molar-refractivity contribution in [1.29, 1.82) is 0 Å². The summed E-state index contributed by atoms with van der Waals surface area (Å²) in [5, 5.41) is 4.11. The zero-order valence-electron chi connectivity index (χ0n) is 12.1. The Morgan fingerprint density at radius 3 is 3.05 bits per heavy atom. The Morgan fingerprint density at radius 1 is 1.55 bits per heavy atom. The zero-order valence-corrected chi connectivity index (χ0v) is 12.9. The van der Waals surface area contributed by atoms with Crippen LogP contribution in [0.1, 0.15) is 24.8 Å². The van der Waals surface area contributed by atoms with E-state index >= 15 is 0 Å². The molecule has 1 fully saturated rings. The summed E-state index contributed by atoms with van der Waals surface area (Å²) in [4.78, 5) is 7.08. The Balaban J connectivity index is 1.73. The van der Waals surface area contributed by atoms with Crippen LogP contribution in [0.3, 0.4) is 0 Å². The standard InChI is InChI=1S/C15H21N3OS/c1-11-13(7-18-5-4-15(2,9-16)10-18)17-14(19-11)12-3-6-20-8-12/h3,6,8H,4-5,7,9-10,16H2,1-2H3. The molecule has 1 atom stereocenters. The van der Waals surface area contributed by atoms with Crippen molar-refractivity contribution >= 4 is 11.3 Å². The van der Waals surface area contributed by atoms with Crippen molar-refractivity contribution in [2.75, 3.05) is 19.6 Å². The van der Waals surface area contributed by atoms with Gasteiger partial charge in [-0.2, -0.15) is 11.3 Å². The fraction of sp³-hybridized carbons (Fsp3) is 0.533. The first-order valence-corrected chi connectivity index (χ1v) is 7.95. The van der Waals surface area contributed by atoms with Gasteiger partial charge in [-0.05, 0) is 43.3 Å². The molecule has 108 valence electrons. The van der Waals surface area contributed by atoms with Crippen LogP contribution < -0.4 is 5.73 Å². The van der Waals surface area contributed by atoms with Crippen LogP contribution in [-0.4, -0.2) is 29.5 Å². The molecule has 0 aliphatic carbocycles. The molecule has 4 nitrogen and oxygen atoms in total. The van der Waals surface area contributed by atoms with E-state index in [1.54, 1.807) is 11.3 Å². The molecule has 0 saturated carbocycles. The van der Waals surface area contributed by atoms with Crippen LogP contribution in [0.25, 0.3) is 11.5 Å². The number of aromatic nitrogens is 1. The Bertz CT molecular complexity index is 578. The average Bonchev–Trinajstić information content (AvgIpc) is 3.12. The molecule has 1 aliphatic heterocycles. The zero-order chi connectivity index (χ0) is 14.2. The van der Waals surface area contributed by atoms with Gasteiger partial charge < -0.3 is 10.2 Å². The molecule has 5 heteroatoms. The van der Waals surface area contributed by atoms with Crippen molar-refractivity contribution in [3.05, 3.63) is 28.3 Å². The highest BCUT2D eigenvalue weighted by Gasteiger charge is 2.33. The van der Waals surface area contributed by atoms with Gasteiger partial charge in [0.05, 0.1) is 5.69 Å². The number of aryl methyl sites for hydroxylation is 1. The van der Waals surface area contributed by atoms with Gasteiger partial charge in [0.15, 0.2) is 0 Å². The van der Waals surface area contributed by atoms with Gasteiger partial charge >= 0.3 is 0 Å². The molecule has 0 amide bonds. The number of hydrogen-bond donors (Lipinski definition) is 1. The van der Waals surface area contributed by atoms with Crippen LogP contribution in [0.15, 0.2) is 21.2 Å². The van der Waals surface area contributed by atoms with E-state index in [9.17, 15) is 0 Å². The van der Waals surface area contributed by atoms with Gasteiger partial charge in [-0.25, -0.2) is 4.98 Å². The topological polar surface area (TPSA) is 55.3 Å². The number of thiophene rings is 1. The van der Waals surface area contributed by atoms with Crippen molar-refractivity contribution in [3.8, 4) is 11.5 Å². The molecule has 2 aromatic rings. The Morgan fingerprint density at radius 2 is 2.40 bits per heavy atom. The number of rotatable bonds is 4. The molecule has 0 bridgehead atoms. The van der Waals surface area contributed by atoms with E-state index in [1.807, 2.05) is 18.4 Å². The van der Waals surface area contributed by atoms with E-state index in [1.165, 1.54) is 0 Å². The second-order valence-corrected chi connectivity index (χ2v) is 6.79. The van der Waals surface area contributed by atoms with E-state index in [0.29, 0.717) is 0 Å². The lowest BCUT2D eigenvalue weighted by atomic mass is 9.90. The van der Waals surface area contributed by atoms with E-state index in [-0.39, 0.29) is 5.41 Å². The van der Waals surface area contributed by atoms with Crippen LogP contribution in [0.4, 0.5) is 0 Å². The van der Waals surface area contributed by atoms with Crippen LogP contribution >= 0.6 is 11.3 Å². The maximum absolute atomic E-state index is 5.86. The largest absolute Gasteiger partial charge is 0.441 e. The summed E-state index contributed by atoms with van der Waals surface area (Å²) >= 11 is 1.66. The monoisotopic (exact) mass is 291 g/mol. The molecule has 3 rings (SSSR count). The quantitative estimate of drug-likeness (QED) is 0.941. The maximum atomic E-state index is 5.86. The van der Waals surface area contributed by atoms with Gasteiger partial charge in [-0.1, -0.05) is 6.92 Å². The Hall–Kier alpha value is -1.17. The number of nitrogens with two attached hydrogens (primary N) is 1. The van der Waals surface area contributed by atoms with Crippen molar-refractivity contribution in [1.82, 2.24) is 9.88 Å². The lowest BCUT2D eigenvalue weighted by Crippen LogP contribution is -2.31. The van der Waals surface area contributed by atoms with E-state index in [4.69, 9.17) is 10.2 Å².